The molecule has 190 valence electrons. The second-order valence-corrected chi connectivity index (χ2v) is 10.6. The molecule has 1 fully saturated rings. The summed E-state index contributed by atoms with van der Waals surface area (Å²) in [5, 5.41) is 14.2. The normalized spacial score (nSPS) is 15.8. The molecule has 3 heterocycles. The number of furan rings is 1. The summed E-state index contributed by atoms with van der Waals surface area (Å²) in [7, 11) is 0. The highest BCUT2D eigenvalue weighted by atomic mass is 16.3. The van der Waals surface area contributed by atoms with E-state index in [4.69, 9.17) is 4.42 Å². The van der Waals surface area contributed by atoms with E-state index in [2.05, 4.69) is 56.9 Å². The van der Waals surface area contributed by atoms with Gasteiger partial charge in [0.1, 0.15) is 5.76 Å². The highest BCUT2D eigenvalue weighted by Gasteiger charge is 2.32. The Labute approximate surface area is 211 Å². The fourth-order valence-corrected chi connectivity index (χ4v) is 5.77. The number of hydrogen-bond acceptors (Lipinski definition) is 6. The van der Waals surface area contributed by atoms with Gasteiger partial charge in [-0.05, 0) is 78.4 Å². The lowest BCUT2D eigenvalue weighted by Gasteiger charge is -2.34. The van der Waals surface area contributed by atoms with Gasteiger partial charge in [0.15, 0.2) is 5.82 Å². The van der Waals surface area contributed by atoms with Crippen molar-refractivity contribution in [2.24, 2.45) is 5.92 Å². The van der Waals surface area contributed by atoms with E-state index < -0.39 is 0 Å². The predicted octanol–water partition coefficient (Wildman–Crippen LogP) is 5.63. The van der Waals surface area contributed by atoms with Crippen LogP contribution in [0.2, 0.25) is 0 Å². The smallest absolute Gasteiger partial charge is 0.252 e. The van der Waals surface area contributed by atoms with Crippen LogP contribution in [0.25, 0.3) is 10.9 Å². The lowest BCUT2D eigenvalue weighted by atomic mass is 9.94. The number of fused-ring (bicyclic) bond motifs is 1. The standard InChI is InChI=1S/C28H36N6O2/c1-18(2)26(27-30-31-32-34(27)22-9-6-5-7-10-22)33(17-23-11-8-12-36-23)16-21-15-24-20(4)13-19(3)14-25(24)29-28(21)35/h8,11-15,18,22,26H,5-7,9-10,16-17H2,1-4H3,(H,29,35)/t26-/m1/s1. The fraction of sp³-hybridized carbons (Fsp3) is 0.500. The van der Waals surface area contributed by atoms with Crippen LogP contribution in [0.1, 0.15) is 86.3 Å². The number of pyridine rings is 1. The molecule has 3 aromatic heterocycles. The molecule has 5 rings (SSSR count). The molecule has 1 aliphatic carbocycles. The van der Waals surface area contributed by atoms with E-state index >= 15 is 0 Å². The van der Waals surface area contributed by atoms with Crippen molar-refractivity contribution in [3.05, 3.63) is 75.2 Å². The van der Waals surface area contributed by atoms with Crippen molar-refractivity contribution in [1.82, 2.24) is 30.1 Å². The van der Waals surface area contributed by atoms with Gasteiger partial charge in [0.25, 0.3) is 5.56 Å². The molecule has 8 heteroatoms. The first-order valence-electron chi connectivity index (χ1n) is 13.1. The van der Waals surface area contributed by atoms with Crippen molar-refractivity contribution < 1.29 is 4.42 Å². The summed E-state index contributed by atoms with van der Waals surface area (Å²) in [6.07, 6.45) is 7.58. The highest BCUT2D eigenvalue weighted by Crippen LogP contribution is 2.35. The first kappa shape index (κ1) is 24.4. The van der Waals surface area contributed by atoms with Gasteiger partial charge in [-0.1, -0.05) is 39.2 Å². The van der Waals surface area contributed by atoms with Crippen molar-refractivity contribution in [2.75, 3.05) is 0 Å². The SMILES string of the molecule is Cc1cc(C)c2cc(CN(Cc3ccco3)[C@@H](c3nnnn3C3CCCCC3)C(C)C)c(=O)[nH]c2c1. The van der Waals surface area contributed by atoms with E-state index in [0.717, 1.165) is 52.0 Å². The molecule has 1 aromatic carbocycles. The predicted molar refractivity (Wildman–Crippen MR) is 140 cm³/mol. The van der Waals surface area contributed by atoms with Gasteiger partial charge in [-0.2, -0.15) is 0 Å². The largest absolute Gasteiger partial charge is 0.468 e. The summed E-state index contributed by atoms with van der Waals surface area (Å²) in [6.45, 7) is 9.53. The van der Waals surface area contributed by atoms with Gasteiger partial charge in [-0.15, -0.1) is 5.10 Å². The molecule has 4 aromatic rings. The van der Waals surface area contributed by atoms with E-state index in [-0.39, 0.29) is 17.5 Å². The number of aromatic amines is 1. The topological polar surface area (TPSA) is 92.8 Å². The van der Waals surface area contributed by atoms with Crippen molar-refractivity contribution >= 4 is 10.9 Å². The van der Waals surface area contributed by atoms with Gasteiger partial charge < -0.3 is 9.40 Å². The molecule has 0 radical (unpaired) electrons. The number of rotatable bonds is 8. The Morgan fingerprint density at radius 2 is 1.94 bits per heavy atom. The molecule has 0 saturated heterocycles. The quantitative estimate of drug-likeness (QED) is 0.346. The molecular weight excluding hydrogens is 452 g/mol. The van der Waals surface area contributed by atoms with Crippen molar-refractivity contribution in [1.29, 1.82) is 0 Å². The summed E-state index contributed by atoms with van der Waals surface area (Å²) < 4.78 is 7.79. The van der Waals surface area contributed by atoms with Gasteiger partial charge in [-0.25, -0.2) is 4.68 Å². The molecule has 1 saturated carbocycles. The Morgan fingerprint density at radius 1 is 1.14 bits per heavy atom. The Bertz CT molecular complexity index is 1360. The summed E-state index contributed by atoms with van der Waals surface area (Å²) in [5.74, 6) is 1.94. The average molecular weight is 489 g/mol. The maximum atomic E-state index is 13.2. The molecule has 0 unspecified atom stereocenters. The molecule has 0 spiro atoms. The van der Waals surface area contributed by atoms with Gasteiger partial charge in [0, 0.05) is 23.0 Å². The molecule has 0 bridgehead atoms. The minimum Gasteiger partial charge on any atom is -0.468 e. The third-order valence-electron chi connectivity index (χ3n) is 7.43. The van der Waals surface area contributed by atoms with Crippen LogP contribution in [0, 0.1) is 19.8 Å². The van der Waals surface area contributed by atoms with E-state index in [1.807, 2.05) is 31.2 Å². The zero-order valence-corrected chi connectivity index (χ0v) is 21.7. The number of H-pyrrole nitrogens is 1. The number of benzene rings is 1. The minimum absolute atomic E-state index is 0.0636. The number of hydrogen-bond donors (Lipinski definition) is 1. The van der Waals surface area contributed by atoms with Crippen LogP contribution in [0.5, 0.6) is 0 Å². The van der Waals surface area contributed by atoms with Crippen molar-refractivity contribution in [3.8, 4) is 0 Å². The van der Waals surface area contributed by atoms with E-state index in [1.165, 1.54) is 19.3 Å². The van der Waals surface area contributed by atoms with Crippen LogP contribution in [0.3, 0.4) is 0 Å². The van der Waals surface area contributed by atoms with E-state index in [1.54, 1.807) is 6.26 Å². The fourth-order valence-electron chi connectivity index (χ4n) is 5.77. The molecule has 0 amide bonds. The van der Waals surface area contributed by atoms with Gasteiger partial charge in [0.05, 0.1) is 24.9 Å². The highest BCUT2D eigenvalue weighted by molar-refractivity contribution is 5.83. The molecule has 1 atom stereocenters. The monoisotopic (exact) mass is 488 g/mol. The number of nitrogens with one attached hydrogen (secondary N) is 1. The third kappa shape index (κ3) is 5.00. The maximum Gasteiger partial charge on any atom is 0.252 e. The van der Waals surface area contributed by atoms with Crippen LogP contribution >= 0.6 is 0 Å². The summed E-state index contributed by atoms with van der Waals surface area (Å²) >= 11 is 0. The Balaban J connectivity index is 1.56. The van der Waals surface area contributed by atoms with Crippen LogP contribution in [-0.2, 0) is 13.1 Å². The zero-order valence-electron chi connectivity index (χ0n) is 21.7. The summed E-state index contributed by atoms with van der Waals surface area (Å²) in [5.41, 5.74) is 3.83. The van der Waals surface area contributed by atoms with Crippen LogP contribution < -0.4 is 5.56 Å². The van der Waals surface area contributed by atoms with Crippen molar-refractivity contribution in [2.45, 2.75) is 85.0 Å². The lowest BCUT2D eigenvalue weighted by molar-refractivity contribution is 0.112. The lowest BCUT2D eigenvalue weighted by Crippen LogP contribution is -2.36. The molecule has 0 aliphatic heterocycles. The van der Waals surface area contributed by atoms with Crippen molar-refractivity contribution in [3.63, 3.8) is 0 Å². The van der Waals surface area contributed by atoms with Crippen LogP contribution in [0.15, 0.2) is 45.8 Å². The molecule has 36 heavy (non-hydrogen) atoms. The molecule has 8 nitrogen and oxygen atoms in total. The zero-order chi connectivity index (χ0) is 25.2. The van der Waals surface area contributed by atoms with Gasteiger partial charge >= 0.3 is 0 Å². The molecule has 1 aliphatic rings. The second kappa shape index (κ2) is 10.4. The van der Waals surface area contributed by atoms with Gasteiger partial charge in [0.2, 0.25) is 0 Å². The van der Waals surface area contributed by atoms with Gasteiger partial charge in [-0.3, -0.25) is 9.69 Å². The maximum absolute atomic E-state index is 13.2. The number of tetrazole rings is 1. The van der Waals surface area contributed by atoms with Crippen LogP contribution in [0.4, 0.5) is 0 Å². The first-order chi connectivity index (χ1) is 17.4. The Hall–Kier alpha value is -3.26. The summed E-state index contributed by atoms with van der Waals surface area (Å²) in [6, 6.07) is 10.3. The Morgan fingerprint density at radius 3 is 2.67 bits per heavy atom. The summed E-state index contributed by atoms with van der Waals surface area (Å²) in [4.78, 5) is 18.6. The first-order valence-corrected chi connectivity index (χ1v) is 13.1. The average Bonchev–Trinajstić information content (AvgIpc) is 3.53. The third-order valence-corrected chi connectivity index (χ3v) is 7.43. The number of nitrogens with zero attached hydrogens (tertiary/aromatic N) is 5. The second-order valence-electron chi connectivity index (χ2n) is 10.6. The van der Waals surface area contributed by atoms with E-state index in [9.17, 15) is 4.79 Å². The molecular formula is C28H36N6O2. The molecule has 1 N–H and O–H groups in total. The number of aromatic nitrogens is 5. The minimum atomic E-state index is -0.0822. The van der Waals surface area contributed by atoms with E-state index in [0.29, 0.717) is 19.1 Å². The van der Waals surface area contributed by atoms with Crippen LogP contribution in [-0.4, -0.2) is 30.1 Å². The Kier molecular flexibility index (Phi) is 7.05. The number of aryl methyl sites for hydroxylation is 2.